The maximum absolute atomic E-state index is 11.0. The van der Waals surface area contributed by atoms with E-state index >= 15 is 0 Å². The van der Waals surface area contributed by atoms with Crippen LogP contribution in [0.2, 0.25) is 0 Å². The number of amides is 1. The predicted octanol–water partition coefficient (Wildman–Crippen LogP) is 0.385. The Morgan fingerprint density at radius 2 is 2.29 bits per heavy atom. The molecule has 0 aliphatic carbocycles. The fourth-order valence-electron chi connectivity index (χ4n) is 1.28. The number of carbonyl (C=O) groups excluding carboxylic acids is 1. The van der Waals surface area contributed by atoms with Gasteiger partial charge >= 0.3 is 0 Å². The topological polar surface area (TPSA) is 95.1 Å². The minimum absolute atomic E-state index is 0.201. The molecule has 2 rings (SSSR count). The molecule has 1 aromatic heterocycles. The lowest BCUT2D eigenvalue weighted by Gasteiger charge is -1.93. The van der Waals surface area contributed by atoms with Crippen LogP contribution in [0.1, 0.15) is 16.2 Å². The van der Waals surface area contributed by atoms with Crippen molar-refractivity contribution < 1.29 is 9.21 Å². The van der Waals surface area contributed by atoms with Gasteiger partial charge in [-0.3, -0.25) is 4.79 Å². The summed E-state index contributed by atoms with van der Waals surface area (Å²) in [5.41, 5.74) is 11.9. The first-order valence-corrected chi connectivity index (χ1v) is 4.10. The van der Waals surface area contributed by atoms with E-state index in [1.165, 1.54) is 0 Å². The van der Waals surface area contributed by atoms with Gasteiger partial charge in [-0.05, 0) is 12.1 Å². The molecule has 0 unspecified atom stereocenters. The third-order valence-electron chi connectivity index (χ3n) is 1.90. The Labute approximate surface area is 79.7 Å². The van der Waals surface area contributed by atoms with E-state index in [2.05, 4.69) is 4.98 Å². The first-order valence-electron chi connectivity index (χ1n) is 4.10. The van der Waals surface area contributed by atoms with Gasteiger partial charge in [0, 0.05) is 0 Å². The Hall–Kier alpha value is -1.88. The number of nitrogens with zero attached hydrogens (tertiary/aromatic N) is 1. The van der Waals surface area contributed by atoms with Crippen LogP contribution in [0.15, 0.2) is 22.6 Å². The molecule has 4 N–H and O–H groups in total. The highest BCUT2D eigenvalue weighted by Gasteiger charge is 2.11. The number of aromatic nitrogens is 1. The van der Waals surface area contributed by atoms with Crippen LogP contribution in [0.3, 0.4) is 0 Å². The summed E-state index contributed by atoms with van der Waals surface area (Å²) in [6.45, 7) is 0.201. The van der Waals surface area contributed by atoms with Gasteiger partial charge in [0.25, 0.3) is 5.91 Å². The van der Waals surface area contributed by atoms with Crippen LogP contribution in [0.4, 0.5) is 0 Å². The van der Waals surface area contributed by atoms with Crippen molar-refractivity contribution in [3.63, 3.8) is 0 Å². The molecule has 1 amide bonds. The zero-order chi connectivity index (χ0) is 10.1. The maximum atomic E-state index is 11.0. The molecular weight excluding hydrogens is 182 g/mol. The Morgan fingerprint density at radius 1 is 1.50 bits per heavy atom. The van der Waals surface area contributed by atoms with Gasteiger partial charge in [-0.25, -0.2) is 4.98 Å². The molecule has 5 nitrogen and oxygen atoms in total. The van der Waals surface area contributed by atoms with Crippen molar-refractivity contribution in [3.8, 4) is 0 Å². The molecule has 14 heavy (non-hydrogen) atoms. The number of fused-ring (bicyclic) bond motifs is 1. The second-order valence-electron chi connectivity index (χ2n) is 2.83. The van der Waals surface area contributed by atoms with E-state index in [0.29, 0.717) is 22.6 Å². The number of nitrogens with two attached hydrogens (primary N) is 2. The molecule has 0 atom stereocenters. The van der Waals surface area contributed by atoms with Crippen LogP contribution in [0.25, 0.3) is 11.1 Å². The Morgan fingerprint density at radius 3 is 2.93 bits per heavy atom. The number of oxazole rings is 1. The normalized spacial score (nSPS) is 10.6. The van der Waals surface area contributed by atoms with Crippen molar-refractivity contribution in [2.75, 3.05) is 0 Å². The molecule has 5 heteroatoms. The molecule has 0 fully saturated rings. The van der Waals surface area contributed by atoms with Crippen molar-refractivity contribution >= 4 is 17.0 Å². The van der Waals surface area contributed by atoms with Gasteiger partial charge in [-0.1, -0.05) is 6.07 Å². The largest absolute Gasteiger partial charge is 0.439 e. The molecule has 2 aromatic rings. The molecule has 0 aliphatic heterocycles. The third-order valence-corrected chi connectivity index (χ3v) is 1.90. The Kier molecular flexibility index (Phi) is 1.94. The fraction of sp³-hybridized carbons (Fsp3) is 0.111. The molecule has 72 valence electrons. The SMILES string of the molecule is NCc1nc2c(C(N)=O)cccc2o1. The molecule has 0 radical (unpaired) electrons. The standard InChI is InChI=1S/C9H9N3O2/c10-4-7-12-8-5(9(11)13)2-1-3-6(8)14-7/h1-3H,4,10H2,(H2,11,13). The maximum Gasteiger partial charge on any atom is 0.251 e. The summed E-state index contributed by atoms with van der Waals surface area (Å²) in [6, 6.07) is 5.01. The quantitative estimate of drug-likeness (QED) is 0.717. The fourth-order valence-corrected chi connectivity index (χ4v) is 1.28. The highest BCUT2D eigenvalue weighted by molar-refractivity contribution is 6.03. The van der Waals surface area contributed by atoms with Gasteiger partial charge < -0.3 is 15.9 Å². The van der Waals surface area contributed by atoms with Crippen LogP contribution in [-0.4, -0.2) is 10.9 Å². The van der Waals surface area contributed by atoms with Gasteiger partial charge in [0.05, 0.1) is 12.1 Å². The van der Waals surface area contributed by atoms with Crippen LogP contribution >= 0.6 is 0 Å². The first-order chi connectivity index (χ1) is 6.72. The van der Waals surface area contributed by atoms with E-state index in [1.807, 2.05) is 0 Å². The minimum atomic E-state index is -0.521. The second-order valence-corrected chi connectivity index (χ2v) is 2.83. The van der Waals surface area contributed by atoms with E-state index in [4.69, 9.17) is 15.9 Å². The zero-order valence-electron chi connectivity index (χ0n) is 7.36. The van der Waals surface area contributed by atoms with Crippen LogP contribution < -0.4 is 11.5 Å². The highest BCUT2D eigenvalue weighted by Crippen LogP contribution is 2.18. The third kappa shape index (κ3) is 1.23. The molecule has 0 aliphatic rings. The summed E-state index contributed by atoms with van der Waals surface area (Å²) < 4.78 is 5.26. The van der Waals surface area contributed by atoms with Gasteiger partial charge in [0.15, 0.2) is 5.58 Å². The van der Waals surface area contributed by atoms with E-state index in [9.17, 15) is 4.79 Å². The average Bonchev–Trinajstić information content (AvgIpc) is 2.59. The van der Waals surface area contributed by atoms with Crippen LogP contribution in [-0.2, 0) is 6.54 Å². The van der Waals surface area contributed by atoms with Crippen molar-refractivity contribution in [2.24, 2.45) is 11.5 Å². The minimum Gasteiger partial charge on any atom is -0.439 e. The molecule has 0 bridgehead atoms. The molecule has 0 saturated carbocycles. The van der Waals surface area contributed by atoms with Gasteiger partial charge in [0.1, 0.15) is 5.52 Å². The number of rotatable bonds is 2. The van der Waals surface area contributed by atoms with Crippen LogP contribution in [0.5, 0.6) is 0 Å². The molecular formula is C9H9N3O2. The summed E-state index contributed by atoms with van der Waals surface area (Å²) in [4.78, 5) is 15.1. The van der Waals surface area contributed by atoms with Crippen molar-refractivity contribution in [2.45, 2.75) is 6.54 Å². The molecule has 1 aromatic carbocycles. The first kappa shape index (κ1) is 8.71. The average molecular weight is 191 g/mol. The second kappa shape index (κ2) is 3.12. The monoisotopic (exact) mass is 191 g/mol. The molecule has 0 saturated heterocycles. The summed E-state index contributed by atoms with van der Waals surface area (Å²) in [5, 5.41) is 0. The van der Waals surface area contributed by atoms with Crippen LogP contribution in [0, 0.1) is 0 Å². The van der Waals surface area contributed by atoms with Gasteiger partial charge in [-0.15, -0.1) is 0 Å². The molecule has 0 spiro atoms. The summed E-state index contributed by atoms with van der Waals surface area (Å²) >= 11 is 0. The predicted molar refractivity (Wildman–Crippen MR) is 50.4 cm³/mol. The lowest BCUT2D eigenvalue weighted by Crippen LogP contribution is -2.11. The molecule has 1 heterocycles. The summed E-state index contributed by atoms with van der Waals surface area (Å²) in [7, 11) is 0. The van der Waals surface area contributed by atoms with E-state index in [0.717, 1.165) is 0 Å². The number of primary amides is 1. The van der Waals surface area contributed by atoms with E-state index in [-0.39, 0.29) is 6.54 Å². The zero-order valence-corrected chi connectivity index (χ0v) is 7.36. The summed E-state index contributed by atoms with van der Waals surface area (Å²) in [5.74, 6) is -0.124. The number of carbonyl (C=O) groups is 1. The number of hydrogen-bond donors (Lipinski definition) is 2. The van der Waals surface area contributed by atoms with Crippen molar-refractivity contribution in [1.29, 1.82) is 0 Å². The van der Waals surface area contributed by atoms with E-state index < -0.39 is 5.91 Å². The smallest absolute Gasteiger partial charge is 0.251 e. The van der Waals surface area contributed by atoms with Crippen molar-refractivity contribution in [1.82, 2.24) is 4.98 Å². The van der Waals surface area contributed by atoms with E-state index in [1.54, 1.807) is 18.2 Å². The number of para-hydroxylation sites is 1. The van der Waals surface area contributed by atoms with Gasteiger partial charge in [0.2, 0.25) is 5.89 Å². The number of hydrogen-bond acceptors (Lipinski definition) is 4. The number of benzene rings is 1. The summed E-state index contributed by atoms with van der Waals surface area (Å²) in [6.07, 6.45) is 0. The Bertz CT molecular complexity index is 490. The van der Waals surface area contributed by atoms with Gasteiger partial charge in [-0.2, -0.15) is 0 Å². The lowest BCUT2D eigenvalue weighted by molar-refractivity contribution is 0.100. The van der Waals surface area contributed by atoms with Crippen molar-refractivity contribution in [3.05, 3.63) is 29.7 Å². The Balaban J connectivity index is 2.73. The highest BCUT2D eigenvalue weighted by atomic mass is 16.3. The lowest BCUT2D eigenvalue weighted by atomic mass is 10.2.